The largest absolute Gasteiger partial charge is 0.389 e. The number of aliphatic hydroxyl groups is 1. The molecule has 4 heteroatoms. The summed E-state index contributed by atoms with van der Waals surface area (Å²) in [5.41, 5.74) is 1.12. The van der Waals surface area contributed by atoms with Gasteiger partial charge in [-0.3, -0.25) is 0 Å². The molecule has 19 heavy (non-hydrogen) atoms. The van der Waals surface area contributed by atoms with E-state index in [1.807, 2.05) is 37.3 Å². The van der Waals surface area contributed by atoms with Gasteiger partial charge in [0.25, 0.3) is 0 Å². The van der Waals surface area contributed by atoms with Gasteiger partial charge in [0.2, 0.25) is 0 Å². The maximum Gasteiger partial charge on any atom is 0.0897 e. The first-order valence-electron chi connectivity index (χ1n) is 6.91. The summed E-state index contributed by atoms with van der Waals surface area (Å²) in [6.45, 7) is 5.83. The summed E-state index contributed by atoms with van der Waals surface area (Å²) < 4.78 is 10.7. The molecule has 0 radical (unpaired) electrons. The fourth-order valence-electron chi connectivity index (χ4n) is 1.66. The van der Waals surface area contributed by atoms with Gasteiger partial charge in [-0.25, -0.2) is 0 Å². The van der Waals surface area contributed by atoms with E-state index in [2.05, 4.69) is 5.32 Å². The first-order chi connectivity index (χ1) is 9.33. The number of benzene rings is 1. The molecule has 2 N–H and O–H groups in total. The molecule has 0 saturated carbocycles. The Morgan fingerprint density at radius 3 is 2.74 bits per heavy atom. The van der Waals surface area contributed by atoms with Crippen LogP contribution < -0.4 is 5.32 Å². The van der Waals surface area contributed by atoms with Crippen LogP contribution in [0.2, 0.25) is 0 Å². The van der Waals surface area contributed by atoms with Gasteiger partial charge in [0, 0.05) is 19.8 Å². The highest BCUT2D eigenvalue weighted by molar-refractivity contribution is 5.13. The normalized spacial score (nSPS) is 12.5. The summed E-state index contributed by atoms with van der Waals surface area (Å²) >= 11 is 0. The smallest absolute Gasteiger partial charge is 0.0897 e. The number of hydrogen-bond acceptors (Lipinski definition) is 4. The SMILES string of the molecule is CCOCCCNCC(O)COCc1ccccc1. The average molecular weight is 267 g/mol. The second-order valence-electron chi connectivity index (χ2n) is 4.41. The molecule has 0 aliphatic rings. The summed E-state index contributed by atoms with van der Waals surface area (Å²) in [6.07, 6.45) is 0.502. The lowest BCUT2D eigenvalue weighted by atomic mass is 10.2. The number of hydrogen-bond donors (Lipinski definition) is 2. The van der Waals surface area contributed by atoms with Gasteiger partial charge in [0.1, 0.15) is 0 Å². The van der Waals surface area contributed by atoms with Gasteiger partial charge in [-0.15, -0.1) is 0 Å². The standard InChI is InChI=1S/C15H25NO3/c1-2-18-10-6-9-16-11-15(17)13-19-12-14-7-4-3-5-8-14/h3-5,7-8,15-17H,2,6,9-13H2,1H3. The third-order valence-corrected chi connectivity index (χ3v) is 2.65. The molecule has 0 amide bonds. The molecule has 1 aromatic carbocycles. The van der Waals surface area contributed by atoms with Crippen molar-refractivity contribution in [2.45, 2.75) is 26.1 Å². The summed E-state index contributed by atoms with van der Waals surface area (Å²) in [6, 6.07) is 9.96. The molecule has 0 fully saturated rings. The van der Waals surface area contributed by atoms with Crippen LogP contribution in [0.4, 0.5) is 0 Å². The summed E-state index contributed by atoms with van der Waals surface area (Å²) in [5, 5.41) is 12.9. The molecule has 1 atom stereocenters. The molecule has 1 unspecified atom stereocenters. The molecule has 4 nitrogen and oxygen atoms in total. The van der Waals surface area contributed by atoms with Crippen molar-refractivity contribution in [3.8, 4) is 0 Å². The van der Waals surface area contributed by atoms with Gasteiger partial charge >= 0.3 is 0 Å². The molecule has 0 aliphatic heterocycles. The van der Waals surface area contributed by atoms with Crippen LogP contribution in [-0.2, 0) is 16.1 Å². The molecule has 1 aromatic rings. The van der Waals surface area contributed by atoms with Gasteiger partial charge in [0.05, 0.1) is 19.3 Å². The van der Waals surface area contributed by atoms with Crippen LogP contribution in [-0.4, -0.2) is 44.1 Å². The summed E-state index contributed by atoms with van der Waals surface area (Å²) in [5.74, 6) is 0. The van der Waals surface area contributed by atoms with E-state index in [1.54, 1.807) is 0 Å². The topological polar surface area (TPSA) is 50.7 Å². The third-order valence-electron chi connectivity index (χ3n) is 2.65. The Kier molecular flexibility index (Phi) is 9.27. The minimum atomic E-state index is -0.462. The molecular formula is C15H25NO3. The van der Waals surface area contributed by atoms with E-state index in [1.165, 1.54) is 0 Å². The molecule has 0 spiro atoms. The first-order valence-corrected chi connectivity index (χ1v) is 6.91. The van der Waals surface area contributed by atoms with Crippen molar-refractivity contribution >= 4 is 0 Å². The zero-order valence-electron chi connectivity index (χ0n) is 11.7. The Hall–Kier alpha value is -0.940. The van der Waals surface area contributed by atoms with Gasteiger partial charge < -0.3 is 19.9 Å². The van der Waals surface area contributed by atoms with Gasteiger partial charge in [-0.1, -0.05) is 30.3 Å². The minimum absolute atomic E-state index is 0.355. The predicted octanol–water partition coefficient (Wildman–Crippen LogP) is 1.58. The Bertz CT molecular complexity index is 306. The molecule has 0 saturated heterocycles. The van der Waals surface area contributed by atoms with Crippen molar-refractivity contribution in [3.05, 3.63) is 35.9 Å². The van der Waals surface area contributed by atoms with E-state index in [9.17, 15) is 5.11 Å². The van der Waals surface area contributed by atoms with Crippen LogP contribution in [0, 0.1) is 0 Å². The van der Waals surface area contributed by atoms with E-state index >= 15 is 0 Å². The zero-order valence-corrected chi connectivity index (χ0v) is 11.7. The summed E-state index contributed by atoms with van der Waals surface area (Å²) in [7, 11) is 0. The van der Waals surface area contributed by atoms with Crippen LogP contribution in [0.1, 0.15) is 18.9 Å². The van der Waals surface area contributed by atoms with Gasteiger partial charge in [-0.2, -0.15) is 0 Å². The maximum atomic E-state index is 9.71. The molecule has 0 bridgehead atoms. The van der Waals surface area contributed by atoms with Crippen molar-refractivity contribution in [3.63, 3.8) is 0 Å². The second-order valence-corrected chi connectivity index (χ2v) is 4.41. The van der Waals surface area contributed by atoms with Gasteiger partial charge in [-0.05, 0) is 25.5 Å². The minimum Gasteiger partial charge on any atom is -0.389 e. The zero-order chi connectivity index (χ0) is 13.8. The molecule has 1 rings (SSSR count). The highest BCUT2D eigenvalue weighted by Crippen LogP contribution is 2.00. The monoisotopic (exact) mass is 267 g/mol. The number of rotatable bonds is 11. The second kappa shape index (κ2) is 10.9. The lowest BCUT2D eigenvalue weighted by Gasteiger charge is -2.12. The van der Waals surface area contributed by atoms with E-state index in [4.69, 9.17) is 9.47 Å². The van der Waals surface area contributed by atoms with Crippen molar-refractivity contribution in [2.24, 2.45) is 0 Å². The van der Waals surface area contributed by atoms with Crippen molar-refractivity contribution in [1.29, 1.82) is 0 Å². The number of nitrogens with one attached hydrogen (secondary N) is 1. The maximum absolute atomic E-state index is 9.71. The van der Waals surface area contributed by atoms with Crippen LogP contribution in [0.25, 0.3) is 0 Å². The first kappa shape index (κ1) is 16.1. The van der Waals surface area contributed by atoms with Crippen molar-refractivity contribution in [2.75, 3.05) is 32.9 Å². The Labute approximate surface area is 115 Å². The average Bonchev–Trinajstić information content (AvgIpc) is 2.44. The van der Waals surface area contributed by atoms with E-state index in [0.717, 1.165) is 31.7 Å². The summed E-state index contributed by atoms with van der Waals surface area (Å²) in [4.78, 5) is 0. The highest BCUT2D eigenvalue weighted by Gasteiger charge is 2.03. The quantitative estimate of drug-likeness (QED) is 0.598. The predicted molar refractivity (Wildman–Crippen MR) is 76.1 cm³/mol. The molecule has 0 heterocycles. The fraction of sp³-hybridized carbons (Fsp3) is 0.600. The third kappa shape index (κ3) is 8.72. The van der Waals surface area contributed by atoms with Crippen LogP contribution >= 0.6 is 0 Å². The highest BCUT2D eigenvalue weighted by atomic mass is 16.5. The van der Waals surface area contributed by atoms with Crippen LogP contribution in [0.15, 0.2) is 30.3 Å². The van der Waals surface area contributed by atoms with E-state index in [-0.39, 0.29) is 0 Å². The van der Waals surface area contributed by atoms with Gasteiger partial charge in [0.15, 0.2) is 0 Å². The van der Waals surface area contributed by atoms with E-state index in [0.29, 0.717) is 19.8 Å². The lowest BCUT2D eigenvalue weighted by molar-refractivity contribution is 0.0286. The van der Waals surface area contributed by atoms with E-state index < -0.39 is 6.10 Å². The molecule has 0 aliphatic carbocycles. The Balaban J connectivity index is 1.94. The van der Waals surface area contributed by atoms with Crippen molar-refractivity contribution < 1.29 is 14.6 Å². The van der Waals surface area contributed by atoms with Crippen molar-refractivity contribution in [1.82, 2.24) is 5.32 Å². The van der Waals surface area contributed by atoms with Crippen LogP contribution in [0.3, 0.4) is 0 Å². The Morgan fingerprint density at radius 1 is 1.21 bits per heavy atom. The molecule has 0 aromatic heterocycles. The fourth-order valence-corrected chi connectivity index (χ4v) is 1.66. The lowest BCUT2D eigenvalue weighted by Crippen LogP contribution is -2.31. The molecule has 108 valence electrons. The Morgan fingerprint density at radius 2 is 2.00 bits per heavy atom. The van der Waals surface area contributed by atoms with Crippen LogP contribution in [0.5, 0.6) is 0 Å². The number of ether oxygens (including phenoxy) is 2. The molecular weight excluding hydrogens is 242 g/mol. The number of aliphatic hydroxyl groups excluding tert-OH is 1.